The number of hydrogen-bond acceptors (Lipinski definition) is 8. The van der Waals surface area contributed by atoms with Crippen LogP contribution < -0.4 is 21.7 Å². The molecule has 0 aromatic rings. The van der Waals surface area contributed by atoms with Crippen LogP contribution in [0, 0.1) is 5.92 Å². The number of nitrogens with zero attached hydrogens (tertiary/aromatic N) is 1. The van der Waals surface area contributed by atoms with Crippen LogP contribution in [-0.4, -0.2) is 76.1 Å². The Labute approximate surface area is 178 Å². The molecule has 0 saturated heterocycles. The van der Waals surface area contributed by atoms with Gasteiger partial charge in [0.05, 0.1) is 37.8 Å². The average Bonchev–Trinajstić information content (AvgIpc) is 2.44. The fourth-order valence-corrected chi connectivity index (χ4v) is 2.27. The third-order valence-electron chi connectivity index (χ3n) is 3.79. The van der Waals surface area contributed by atoms with E-state index >= 15 is 0 Å². The zero-order valence-electron chi connectivity index (χ0n) is 16.7. The van der Waals surface area contributed by atoms with Crippen molar-refractivity contribution < 1.29 is 53.5 Å². The first kappa shape index (κ1) is 31.6. The van der Waals surface area contributed by atoms with E-state index in [9.17, 15) is 15.0 Å². The summed E-state index contributed by atoms with van der Waals surface area (Å²) in [7, 11) is 2.18. The van der Waals surface area contributed by atoms with Gasteiger partial charge in [-0.25, -0.2) is 8.42 Å². The standard InChI is InChI=1S/C9H19NO3.C6H14N2.CH4O3S.Pt/c1-10(2,3)6-4-5-8(7-11)9(12)13;7-5-3-1-2-4-6(5)8;1-5(2,3)4;/h8H,4-7H2,1-3H3,(H,12,13);5-6H,1-4,7-8H2;1H3,(H,2,3,4);/q;;;+2/p-2. The van der Waals surface area contributed by atoms with E-state index in [2.05, 4.69) is 0 Å². The van der Waals surface area contributed by atoms with Gasteiger partial charge in [0.1, 0.15) is 0 Å². The van der Waals surface area contributed by atoms with E-state index < -0.39 is 28.6 Å². The third kappa shape index (κ3) is 25.9. The topological polar surface area (TPSA) is 172 Å². The number of aliphatic carboxylic acids is 1. The molecule has 9 nitrogen and oxygen atoms in total. The fraction of sp³-hybridized carbons (Fsp3) is 0.938. The van der Waals surface area contributed by atoms with E-state index in [1.54, 1.807) is 0 Å². The number of rotatable bonds is 6. The van der Waals surface area contributed by atoms with Gasteiger partial charge in [-0.2, -0.15) is 0 Å². The molecule has 0 heterocycles. The van der Waals surface area contributed by atoms with Crippen LogP contribution in [0.2, 0.25) is 0 Å². The van der Waals surface area contributed by atoms with Gasteiger partial charge in [-0.1, -0.05) is 12.8 Å². The minimum atomic E-state index is -3.92. The van der Waals surface area contributed by atoms with Crippen molar-refractivity contribution in [3.05, 3.63) is 0 Å². The van der Waals surface area contributed by atoms with Crippen LogP contribution in [0.25, 0.3) is 0 Å². The molecule has 1 rings (SSSR count). The van der Waals surface area contributed by atoms with E-state index in [0.717, 1.165) is 30.3 Å². The molecule has 1 fully saturated rings. The number of quaternary nitrogens is 1. The molecule has 0 spiro atoms. The first-order valence-electron chi connectivity index (χ1n) is 8.68. The number of carbonyl (C=O) groups excluding carboxylic acids is 1. The summed E-state index contributed by atoms with van der Waals surface area (Å²) in [4.78, 5) is 10.4. The van der Waals surface area contributed by atoms with Crippen molar-refractivity contribution in [3.8, 4) is 0 Å². The molecule has 1 aliphatic rings. The molecule has 0 radical (unpaired) electrons. The number of hydrogen-bond donors (Lipinski definition) is 2. The molecule has 0 bridgehead atoms. The van der Waals surface area contributed by atoms with Gasteiger partial charge < -0.3 is 35.5 Å². The summed E-state index contributed by atoms with van der Waals surface area (Å²) >= 11 is 0. The van der Waals surface area contributed by atoms with Gasteiger partial charge in [0, 0.05) is 24.3 Å². The van der Waals surface area contributed by atoms with Crippen molar-refractivity contribution in [1.82, 2.24) is 0 Å². The second-order valence-corrected chi connectivity index (χ2v) is 9.06. The summed E-state index contributed by atoms with van der Waals surface area (Å²) in [5, 5.41) is 20.8. The predicted octanol–water partition coefficient (Wildman–Crippen LogP) is -2.43. The van der Waals surface area contributed by atoms with Crippen LogP contribution in [0.1, 0.15) is 38.5 Å². The van der Waals surface area contributed by atoms with Crippen LogP contribution >= 0.6 is 0 Å². The molecule has 0 aliphatic heterocycles. The summed E-state index contributed by atoms with van der Waals surface area (Å²) in [5.41, 5.74) is 11.3. The first-order chi connectivity index (χ1) is 11.7. The molecule has 4 N–H and O–H groups in total. The molecule has 0 aromatic carbocycles. The van der Waals surface area contributed by atoms with Crippen LogP contribution in [0.5, 0.6) is 0 Å². The van der Waals surface area contributed by atoms with Crippen molar-refractivity contribution in [2.24, 2.45) is 17.4 Å². The third-order valence-corrected chi connectivity index (χ3v) is 3.79. The van der Waals surface area contributed by atoms with Gasteiger partial charge in [-0.15, -0.1) is 6.61 Å². The van der Waals surface area contributed by atoms with Gasteiger partial charge in [-0.05, 0) is 31.6 Å². The Hall–Kier alpha value is -0.0917. The molecule has 27 heavy (non-hydrogen) atoms. The van der Waals surface area contributed by atoms with E-state index in [0.29, 0.717) is 12.7 Å². The number of carbonyl (C=O) groups is 1. The number of nitrogens with two attached hydrogens (primary N) is 2. The molecule has 166 valence electrons. The molecular formula is C16H35N3O6PtS. The SMILES string of the molecule is CS(=O)(=O)[O-].C[N+](C)(C)CCCC(C[O-])C(=O)[O-].NC1CCCCC1N.[Pt+2]. The summed E-state index contributed by atoms with van der Waals surface area (Å²) in [6, 6.07) is 0.562. The summed E-state index contributed by atoms with van der Waals surface area (Å²) in [6.45, 7) is 0.309. The van der Waals surface area contributed by atoms with Crippen molar-refractivity contribution in [1.29, 1.82) is 0 Å². The Balaban J connectivity index is -0.000000350. The van der Waals surface area contributed by atoms with Crippen molar-refractivity contribution >= 4 is 16.1 Å². The maximum absolute atomic E-state index is 10.4. The minimum Gasteiger partial charge on any atom is -0.854 e. The Morgan fingerprint density at radius 2 is 1.52 bits per heavy atom. The summed E-state index contributed by atoms with van der Waals surface area (Å²) in [5.74, 6) is -2.03. The fourth-order valence-electron chi connectivity index (χ4n) is 2.27. The Morgan fingerprint density at radius 3 is 1.74 bits per heavy atom. The molecule has 11 heteroatoms. The quantitative estimate of drug-likeness (QED) is 0.253. The zero-order chi connectivity index (χ0) is 21.0. The monoisotopic (exact) mass is 592 g/mol. The van der Waals surface area contributed by atoms with Crippen LogP contribution in [0.3, 0.4) is 0 Å². The molecule has 0 aromatic heterocycles. The number of carboxylic acid groups (broad SMARTS) is 1. The van der Waals surface area contributed by atoms with E-state index in [4.69, 9.17) is 24.4 Å². The van der Waals surface area contributed by atoms with Crippen LogP contribution in [0.15, 0.2) is 0 Å². The smallest absolute Gasteiger partial charge is 0.854 e. The second kappa shape index (κ2) is 15.8. The minimum absolute atomic E-state index is 0. The predicted molar refractivity (Wildman–Crippen MR) is 95.5 cm³/mol. The normalized spacial score (nSPS) is 20.7. The van der Waals surface area contributed by atoms with Crippen molar-refractivity contribution in [2.45, 2.75) is 50.6 Å². The maximum atomic E-state index is 10.4. The second-order valence-electron chi connectivity index (χ2n) is 7.66. The van der Waals surface area contributed by atoms with E-state index in [1.807, 2.05) is 21.1 Å². The van der Waals surface area contributed by atoms with Crippen molar-refractivity contribution in [3.63, 3.8) is 0 Å². The average molecular weight is 593 g/mol. The first-order valence-corrected chi connectivity index (χ1v) is 10.5. The Kier molecular flexibility index (Phi) is 18.5. The van der Waals surface area contributed by atoms with Gasteiger partial charge in [0.25, 0.3) is 0 Å². The van der Waals surface area contributed by atoms with Gasteiger partial charge in [0.15, 0.2) is 0 Å². The summed E-state index contributed by atoms with van der Waals surface area (Å²) < 4.78 is 28.0. The summed E-state index contributed by atoms with van der Waals surface area (Å²) in [6.07, 6.45) is 6.59. The molecule has 1 aliphatic carbocycles. The zero-order valence-corrected chi connectivity index (χ0v) is 19.8. The van der Waals surface area contributed by atoms with Gasteiger partial charge in [0.2, 0.25) is 0 Å². The van der Waals surface area contributed by atoms with Gasteiger partial charge >= 0.3 is 21.1 Å². The molecule has 3 atom stereocenters. The van der Waals surface area contributed by atoms with E-state index in [-0.39, 0.29) is 33.1 Å². The van der Waals surface area contributed by atoms with Gasteiger partial charge in [-0.3, -0.25) is 0 Å². The molecule has 0 amide bonds. The Bertz CT molecular complexity index is 467. The number of carboxylic acids is 1. The molecule has 3 unspecified atom stereocenters. The largest absolute Gasteiger partial charge is 2.00 e. The maximum Gasteiger partial charge on any atom is 2.00 e. The van der Waals surface area contributed by atoms with Crippen molar-refractivity contribution in [2.75, 3.05) is 40.6 Å². The Morgan fingerprint density at radius 1 is 1.15 bits per heavy atom. The van der Waals surface area contributed by atoms with E-state index in [1.165, 1.54) is 12.8 Å². The molecular weight excluding hydrogens is 557 g/mol. The van der Waals surface area contributed by atoms with Crippen LogP contribution in [-0.2, 0) is 36.0 Å². The van der Waals surface area contributed by atoms with Crippen LogP contribution in [0.4, 0.5) is 0 Å². The molecule has 1 saturated carbocycles.